The summed E-state index contributed by atoms with van der Waals surface area (Å²) in [6.45, 7) is 9.44. The van der Waals surface area contributed by atoms with Crippen molar-refractivity contribution in [3.8, 4) is 0 Å². The van der Waals surface area contributed by atoms with Gasteiger partial charge in [-0.15, -0.1) is 0 Å². The van der Waals surface area contributed by atoms with Crippen molar-refractivity contribution in [2.75, 3.05) is 26.2 Å². The maximum Gasteiger partial charge on any atom is 0.223 e. The minimum Gasteiger partial charge on any atom is -0.355 e. The summed E-state index contributed by atoms with van der Waals surface area (Å²) in [5, 5.41) is 3.00. The summed E-state index contributed by atoms with van der Waals surface area (Å²) in [4.78, 5) is 26.1. The van der Waals surface area contributed by atoms with Crippen molar-refractivity contribution in [1.29, 1.82) is 0 Å². The molecule has 110 valence electrons. The molecule has 1 saturated carbocycles. The van der Waals surface area contributed by atoms with Gasteiger partial charge in [-0.2, -0.15) is 0 Å². The normalized spacial score (nSPS) is 23.4. The Morgan fingerprint density at radius 3 is 2.21 bits per heavy atom. The van der Waals surface area contributed by atoms with Crippen molar-refractivity contribution in [2.45, 2.75) is 46.5 Å². The van der Waals surface area contributed by atoms with Crippen LogP contribution in [-0.4, -0.2) is 42.8 Å². The lowest BCUT2D eigenvalue weighted by Gasteiger charge is -2.29. The Labute approximate surface area is 116 Å². The lowest BCUT2D eigenvalue weighted by molar-refractivity contribution is -0.134. The number of hydrogen-bond acceptors (Lipinski definition) is 3. The molecule has 0 bridgehead atoms. The molecule has 1 rings (SSSR count). The number of rotatable bonds is 7. The Hall–Kier alpha value is -0.900. The van der Waals surface area contributed by atoms with Crippen molar-refractivity contribution >= 4 is 11.7 Å². The van der Waals surface area contributed by atoms with E-state index in [1.54, 1.807) is 6.92 Å². The fourth-order valence-corrected chi connectivity index (χ4v) is 2.94. The van der Waals surface area contributed by atoms with E-state index in [1.165, 1.54) is 0 Å². The van der Waals surface area contributed by atoms with Gasteiger partial charge in [-0.25, -0.2) is 0 Å². The van der Waals surface area contributed by atoms with E-state index in [2.05, 4.69) is 24.1 Å². The molecule has 0 saturated heterocycles. The highest BCUT2D eigenvalue weighted by Crippen LogP contribution is 2.30. The van der Waals surface area contributed by atoms with E-state index in [9.17, 15) is 9.59 Å². The highest BCUT2D eigenvalue weighted by molar-refractivity contribution is 5.87. The zero-order chi connectivity index (χ0) is 14.3. The second kappa shape index (κ2) is 8.31. The molecular formula is C15H28N2O2. The Balaban J connectivity index is 2.40. The highest BCUT2D eigenvalue weighted by Gasteiger charge is 2.33. The second-order valence-corrected chi connectivity index (χ2v) is 5.43. The summed E-state index contributed by atoms with van der Waals surface area (Å²) >= 11 is 0. The predicted octanol–water partition coefficient (Wildman–Crippen LogP) is 1.84. The van der Waals surface area contributed by atoms with Gasteiger partial charge in [0.1, 0.15) is 5.78 Å². The molecule has 4 nitrogen and oxygen atoms in total. The SMILES string of the molecule is CCN(CC)CCNC(=O)[C@@H]1CCCC[C@@H]1C(C)=O. The third kappa shape index (κ3) is 4.94. The number of ketones is 1. The van der Waals surface area contributed by atoms with Gasteiger partial charge in [0.2, 0.25) is 5.91 Å². The molecule has 1 aliphatic carbocycles. The molecule has 0 aromatic carbocycles. The average molecular weight is 268 g/mol. The molecule has 0 unspecified atom stereocenters. The van der Waals surface area contributed by atoms with E-state index >= 15 is 0 Å². The van der Waals surface area contributed by atoms with Crippen LogP contribution in [0.25, 0.3) is 0 Å². The highest BCUT2D eigenvalue weighted by atomic mass is 16.2. The van der Waals surface area contributed by atoms with Crippen LogP contribution in [0.1, 0.15) is 46.5 Å². The van der Waals surface area contributed by atoms with Gasteiger partial charge in [0.05, 0.1) is 0 Å². The molecule has 1 aliphatic rings. The number of carbonyl (C=O) groups is 2. The fraction of sp³-hybridized carbons (Fsp3) is 0.867. The summed E-state index contributed by atoms with van der Waals surface area (Å²) in [7, 11) is 0. The van der Waals surface area contributed by atoms with Crippen molar-refractivity contribution in [3.05, 3.63) is 0 Å². The van der Waals surface area contributed by atoms with E-state index in [4.69, 9.17) is 0 Å². The topological polar surface area (TPSA) is 49.4 Å². The Kier molecular flexibility index (Phi) is 7.06. The van der Waals surface area contributed by atoms with Crippen LogP contribution in [-0.2, 0) is 9.59 Å². The molecular weight excluding hydrogens is 240 g/mol. The van der Waals surface area contributed by atoms with Gasteiger partial charge < -0.3 is 10.2 Å². The Morgan fingerprint density at radius 1 is 1.11 bits per heavy atom. The van der Waals surface area contributed by atoms with Crippen molar-refractivity contribution in [1.82, 2.24) is 10.2 Å². The van der Waals surface area contributed by atoms with Gasteiger partial charge in [0.15, 0.2) is 0 Å². The number of likely N-dealkylation sites (N-methyl/N-ethyl adjacent to an activating group) is 1. The summed E-state index contributed by atoms with van der Waals surface area (Å²) in [5.41, 5.74) is 0. The summed E-state index contributed by atoms with van der Waals surface area (Å²) < 4.78 is 0. The summed E-state index contributed by atoms with van der Waals surface area (Å²) in [6.07, 6.45) is 3.89. The quantitative estimate of drug-likeness (QED) is 0.766. The van der Waals surface area contributed by atoms with Crippen LogP contribution in [0.3, 0.4) is 0 Å². The molecule has 0 aromatic heterocycles. The zero-order valence-corrected chi connectivity index (χ0v) is 12.6. The van der Waals surface area contributed by atoms with E-state index in [0.29, 0.717) is 6.54 Å². The number of amides is 1. The number of nitrogens with one attached hydrogen (secondary N) is 1. The molecule has 0 spiro atoms. The molecule has 1 amide bonds. The van der Waals surface area contributed by atoms with Gasteiger partial charge in [0, 0.05) is 24.9 Å². The first-order valence-electron chi connectivity index (χ1n) is 7.60. The first-order chi connectivity index (χ1) is 9.10. The van der Waals surface area contributed by atoms with Crippen LogP contribution in [0.5, 0.6) is 0 Å². The van der Waals surface area contributed by atoms with Gasteiger partial charge in [0.25, 0.3) is 0 Å². The number of hydrogen-bond donors (Lipinski definition) is 1. The Bertz CT molecular complexity index is 301. The monoisotopic (exact) mass is 268 g/mol. The number of nitrogens with zero attached hydrogens (tertiary/aromatic N) is 1. The first-order valence-corrected chi connectivity index (χ1v) is 7.60. The maximum atomic E-state index is 12.2. The van der Waals surface area contributed by atoms with Gasteiger partial charge in [-0.3, -0.25) is 9.59 Å². The van der Waals surface area contributed by atoms with Gasteiger partial charge in [-0.05, 0) is 32.9 Å². The number of carbonyl (C=O) groups excluding carboxylic acids is 2. The van der Waals surface area contributed by atoms with Crippen molar-refractivity contribution in [2.24, 2.45) is 11.8 Å². The lowest BCUT2D eigenvalue weighted by atomic mass is 9.77. The second-order valence-electron chi connectivity index (χ2n) is 5.43. The van der Waals surface area contributed by atoms with Crippen LogP contribution >= 0.6 is 0 Å². The molecule has 0 aliphatic heterocycles. The van der Waals surface area contributed by atoms with Crippen LogP contribution in [0, 0.1) is 11.8 Å². The average Bonchev–Trinajstić information content (AvgIpc) is 2.43. The van der Waals surface area contributed by atoms with E-state index in [1.807, 2.05) is 0 Å². The summed E-state index contributed by atoms with van der Waals surface area (Å²) in [5.74, 6) is 0.0980. The molecule has 0 heterocycles. The molecule has 0 aromatic rings. The van der Waals surface area contributed by atoms with Crippen LogP contribution in [0.4, 0.5) is 0 Å². The zero-order valence-electron chi connectivity index (χ0n) is 12.6. The molecule has 2 atom stereocenters. The minimum absolute atomic E-state index is 0.0535. The Morgan fingerprint density at radius 2 is 1.68 bits per heavy atom. The molecule has 19 heavy (non-hydrogen) atoms. The first kappa shape index (κ1) is 16.2. The molecule has 1 fully saturated rings. The minimum atomic E-state index is -0.0945. The third-order valence-electron chi connectivity index (χ3n) is 4.25. The number of Topliss-reactive ketones (excluding diaryl/α,β-unsaturated/α-hetero) is 1. The van der Waals surface area contributed by atoms with Crippen LogP contribution < -0.4 is 5.32 Å². The molecule has 0 radical (unpaired) electrons. The molecule has 1 N–H and O–H groups in total. The van der Waals surface area contributed by atoms with Gasteiger partial charge >= 0.3 is 0 Å². The molecule has 4 heteroatoms. The van der Waals surface area contributed by atoms with Crippen LogP contribution in [0.15, 0.2) is 0 Å². The van der Waals surface area contributed by atoms with Crippen molar-refractivity contribution < 1.29 is 9.59 Å². The van der Waals surface area contributed by atoms with E-state index in [-0.39, 0.29) is 23.5 Å². The standard InChI is InChI=1S/C15H28N2O2/c1-4-17(5-2)11-10-16-15(19)14-9-7-6-8-13(14)12(3)18/h13-14H,4-11H2,1-3H3,(H,16,19)/t13-,14-/m1/s1. The van der Waals surface area contributed by atoms with Gasteiger partial charge in [-0.1, -0.05) is 26.7 Å². The van der Waals surface area contributed by atoms with Crippen LogP contribution in [0.2, 0.25) is 0 Å². The van der Waals surface area contributed by atoms with E-state index < -0.39 is 0 Å². The smallest absolute Gasteiger partial charge is 0.223 e. The summed E-state index contributed by atoms with van der Waals surface area (Å²) in [6, 6.07) is 0. The van der Waals surface area contributed by atoms with Crippen molar-refractivity contribution in [3.63, 3.8) is 0 Å². The fourth-order valence-electron chi connectivity index (χ4n) is 2.94. The maximum absolute atomic E-state index is 12.2. The lowest BCUT2D eigenvalue weighted by Crippen LogP contribution is -2.42. The predicted molar refractivity (Wildman–Crippen MR) is 76.9 cm³/mol. The largest absolute Gasteiger partial charge is 0.355 e. The van der Waals surface area contributed by atoms with E-state index in [0.717, 1.165) is 45.3 Å². The third-order valence-corrected chi connectivity index (χ3v) is 4.25.